The summed E-state index contributed by atoms with van der Waals surface area (Å²) in [5.74, 6) is -0.931. The van der Waals surface area contributed by atoms with E-state index >= 15 is 0 Å². The Hall–Kier alpha value is -3.83. The standard InChI is InChI=1S/C28H32FN7O3/c1-15-12-36(13-16(2)31-15)24-7-6-21(26-22(24)11-30-28(33-26)39-20-5-4-19(37)10-20)27(38)32-18-8-17-14-35(3)34-25(17)23(29)9-18/h6-9,11,14-16,19-20,31,37H,4-5,10,12-13H2,1-3H3,(H,32,38)/t15-,16-,19+,20-/m1/s1. The van der Waals surface area contributed by atoms with Crippen LogP contribution >= 0.6 is 0 Å². The number of nitrogens with one attached hydrogen (secondary N) is 2. The van der Waals surface area contributed by atoms with E-state index in [1.165, 1.54) is 10.7 Å². The van der Waals surface area contributed by atoms with Crippen LogP contribution in [0.1, 0.15) is 43.5 Å². The summed E-state index contributed by atoms with van der Waals surface area (Å²) in [6.45, 7) is 5.88. The second-order valence-electron chi connectivity index (χ2n) is 10.8. The maximum absolute atomic E-state index is 14.7. The number of aliphatic hydroxyl groups is 1. The number of piperazine rings is 1. The molecule has 4 aromatic rings. The Morgan fingerprint density at radius 2 is 1.97 bits per heavy atom. The van der Waals surface area contributed by atoms with E-state index in [1.54, 1.807) is 31.6 Å². The number of aromatic nitrogens is 4. The molecule has 1 aliphatic heterocycles. The summed E-state index contributed by atoms with van der Waals surface area (Å²) in [7, 11) is 1.72. The summed E-state index contributed by atoms with van der Waals surface area (Å²) in [6.07, 6.45) is 4.74. The van der Waals surface area contributed by atoms with Crippen molar-refractivity contribution < 1.29 is 19.0 Å². The number of anilines is 2. The summed E-state index contributed by atoms with van der Waals surface area (Å²) >= 11 is 0. The van der Waals surface area contributed by atoms with Gasteiger partial charge in [-0.3, -0.25) is 9.48 Å². The van der Waals surface area contributed by atoms with Gasteiger partial charge in [-0.2, -0.15) is 10.1 Å². The molecule has 204 valence electrons. The summed E-state index contributed by atoms with van der Waals surface area (Å²) in [5, 5.41) is 21.7. The molecular weight excluding hydrogens is 501 g/mol. The molecule has 3 N–H and O–H groups in total. The van der Waals surface area contributed by atoms with Crippen molar-refractivity contribution in [1.82, 2.24) is 25.1 Å². The van der Waals surface area contributed by atoms with Gasteiger partial charge < -0.3 is 25.4 Å². The molecule has 1 aliphatic carbocycles. The number of amides is 1. The van der Waals surface area contributed by atoms with Gasteiger partial charge in [-0.1, -0.05) is 0 Å². The van der Waals surface area contributed by atoms with E-state index in [0.29, 0.717) is 47.1 Å². The number of nitrogens with zero attached hydrogens (tertiary/aromatic N) is 5. The van der Waals surface area contributed by atoms with Crippen LogP contribution in [0.3, 0.4) is 0 Å². The number of halogens is 1. The molecule has 0 unspecified atom stereocenters. The van der Waals surface area contributed by atoms with Crippen molar-refractivity contribution >= 4 is 39.1 Å². The molecule has 2 fully saturated rings. The summed E-state index contributed by atoms with van der Waals surface area (Å²) in [4.78, 5) is 25.0. The molecule has 0 radical (unpaired) electrons. The van der Waals surface area contributed by atoms with Crippen LogP contribution < -0.4 is 20.3 Å². The van der Waals surface area contributed by atoms with Crippen LogP contribution in [0, 0.1) is 5.82 Å². The Balaban J connectivity index is 1.38. The lowest BCUT2D eigenvalue weighted by molar-refractivity contribution is 0.102. The third-order valence-electron chi connectivity index (χ3n) is 7.41. The number of rotatable bonds is 5. The molecule has 2 aliphatic rings. The largest absolute Gasteiger partial charge is 0.460 e. The fourth-order valence-electron chi connectivity index (χ4n) is 5.78. The summed E-state index contributed by atoms with van der Waals surface area (Å²) in [6, 6.07) is 7.38. The van der Waals surface area contributed by atoms with Crippen LogP contribution in [0.5, 0.6) is 6.01 Å². The van der Waals surface area contributed by atoms with E-state index in [4.69, 9.17) is 4.74 Å². The molecule has 6 rings (SSSR count). The predicted octanol–water partition coefficient (Wildman–Crippen LogP) is 3.39. The lowest BCUT2D eigenvalue weighted by Gasteiger charge is -2.38. The molecule has 4 atom stereocenters. The Morgan fingerprint density at radius 3 is 2.72 bits per heavy atom. The fraction of sp³-hybridized carbons (Fsp3) is 0.429. The van der Waals surface area contributed by atoms with Crippen LogP contribution in [-0.2, 0) is 7.05 Å². The van der Waals surface area contributed by atoms with Crippen molar-refractivity contribution in [2.24, 2.45) is 7.05 Å². The Morgan fingerprint density at radius 1 is 1.18 bits per heavy atom. The summed E-state index contributed by atoms with van der Waals surface area (Å²) in [5.41, 5.74) is 2.29. The molecular formula is C28H32FN7O3. The van der Waals surface area contributed by atoms with Gasteiger partial charge in [0, 0.05) is 73.2 Å². The van der Waals surface area contributed by atoms with Gasteiger partial charge in [0.2, 0.25) is 0 Å². The van der Waals surface area contributed by atoms with Crippen LogP contribution in [0.2, 0.25) is 0 Å². The minimum absolute atomic E-state index is 0.165. The molecule has 0 bridgehead atoms. The molecule has 10 nitrogen and oxygen atoms in total. The number of hydrogen-bond donors (Lipinski definition) is 3. The molecule has 3 heterocycles. The number of aliphatic hydroxyl groups excluding tert-OH is 1. The highest BCUT2D eigenvalue weighted by Crippen LogP contribution is 2.32. The van der Waals surface area contributed by atoms with Gasteiger partial charge >= 0.3 is 6.01 Å². The average molecular weight is 534 g/mol. The Labute approximate surface area is 225 Å². The number of ether oxygens (including phenoxy) is 1. The Bertz CT molecular complexity index is 1550. The van der Waals surface area contributed by atoms with E-state index in [1.807, 2.05) is 6.07 Å². The van der Waals surface area contributed by atoms with Gasteiger partial charge in [0.05, 0.1) is 17.2 Å². The maximum atomic E-state index is 14.7. The molecule has 1 amide bonds. The third-order valence-corrected chi connectivity index (χ3v) is 7.41. The highest BCUT2D eigenvalue weighted by atomic mass is 19.1. The van der Waals surface area contributed by atoms with Gasteiger partial charge in [-0.25, -0.2) is 9.37 Å². The minimum Gasteiger partial charge on any atom is -0.460 e. The number of fused-ring (bicyclic) bond motifs is 2. The first-order chi connectivity index (χ1) is 18.7. The zero-order valence-corrected chi connectivity index (χ0v) is 22.2. The second-order valence-corrected chi connectivity index (χ2v) is 10.8. The molecule has 0 spiro atoms. The molecule has 1 saturated heterocycles. The number of benzene rings is 2. The van der Waals surface area contributed by atoms with Crippen molar-refractivity contribution in [2.45, 2.75) is 57.4 Å². The van der Waals surface area contributed by atoms with E-state index < -0.39 is 17.8 Å². The lowest BCUT2D eigenvalue weighted by Crippen LogP contribution is -2.54. The quantitative estimate of drug-likeness (QED) is 0.358. The Kier molecular flexibility index (Phi) is 6.56. The van der Waals surface area contributed by atoms with E-state index in [-0.39, 0.29) is 17.6 Å². The highest BCUT2D eigenvalue weighted by Gasteiger charge is 2.27. The third kappa shape index (κ3) is 5.11. The zero-order valence-electron chi connectivity index (χ0n) is 22.2. The molecule has 1 saturated carbocycles. The SMILES string of the molecule is C[C@@H]1CN(c2ccc(C(=O)Nc3cc(F)c4nn(C)cc4c3)c3nc(O[C@@H]4CC[C@H](O)C4)ncc23)C[C@@H](C)N1. The van der Waals surface area contributed by atoms with E-state index in [2.05, 4.69) is 44.4 Å². The zero-order chi connectivity index (χ0) is 27.3. The van der Waals surface area contributed by atoms with Crippen molar-refractivity contribution in [3.05, 3.63) is 48.0 Å². The average Bonchev–Trinajstić information content (AvgIpc) is 3.47. The van der Waals surface area contributed by atoms with Crippen molar-refractivity contribution in [1.29, 1.82) is 0 Å². The first kappa shape index (κ1) is 25.4. The predicted molar refractivity (Wildman–Crippen MR) is 147 cm³/mol. The molecule has 2 aromatic carbocycles. The first-order valence-electron chi connectivity index (χ1n) is 13.3. The molecule has 39 heavy (non-hydrogen) atoms. The van der Waals surface area contributed by atoms with Crippen LogP contribution in [0.4, 0.5) is 15.8 Å². The van der Waals surface area contributed by atoms with E-state index in [9.17, 15) is 14.3 Å². The van der Waals surface area contributed by atoms with Crippen LogP contribution in [0.25, 0.3) is 21.8 Å². The van der Waals surface area contributed by atoms with E-state index in [0.717, 1.165) is 30.6 Å². The number of carbonyl (C=O) groups excluding carboxylic acids is 1. The summed E-state index contributed by atoms with van der Waals surface area (Å²) < 4.78 is 22.2. The lowest BCUT2D eigenvalue weighted by atomic mass is 10.0. The van der Waals surface area contributed by atoms with Crippen molar-refractivity contribution in [3.8, 4) is 6.01 Å². The first-order valence-corrected chi connectivity index (χ1v) is 13.3. The maximum Gasteiger partial charge on any atom is 0.317 e. The minimum atomic E-state index is -0.512. The van der Waals surface area contributed by atoms with Crippen LogP contribution in [0.15, 0.2) is 36.7 Å². The van der Waals surface area contributed by atoms with Crippen LogP contribution in [-0.4, -0.2) is 68.1 Å². The molecule has 11 heteroatoms. The van der Waals surface area contributed by atoms with Crippen molar-refractivity contribution in [2.75, 3.05) is 23.3 Å². The number of hydrogen-bond acceptors (Lipinski definition) is 8. The molecule has 2 aromatic heterocycles. The van der Waals surface area contributed by atoms with Gasteiger partial charge in [0.15, 0.2) is 5.82 Å². The van der Waals surface area contributed by atoms with Gasteiger partial charge in [-0.05, 0) is 51.0 Å². The number of aryl methyl sites for hydroxylation is 1. The monoisotopic (exact) mass is 533 g/mol. The van der Waals surface area contributed by atoms with Gasteiger partial charge in [0.25, 0.3) is 5.91 Å². The fourth-order valence-corrected chi connectivity index (χ4v) is 5.78. The topological polar surface area (TPSA) is 117 Å². The van der Waals surface area contributed by atoms with Gasteiger partial charge in [0.1, 0.15) is 11.6 Å². The van der Waals surface area contributed by atoms with Crippen molar-refractivity contribution in [3.63, 3.8) is 0 Å². The van der Waals surface area contributed by atoms with Gasteiger partial charge in [-0.15, -0.1) is 0 Å². The smallest absolute Gasteiger partial charge is 0.317 e. The second kappa shape index (κ2) is 10.0. The highest BCUT2D eigenvalue weighted by molar-refractivity contribution is 6.14. The normalized spacial score (nSPS) is 23.5. The number of carbonyl (C=O) groups is 1.